The number of nitrogens with one attached hydrogen (secondary N) is 1. The van der Waals surface area contributed by atoms with Gasteiger partial charge >= 0.3 is 0 Å². The second kappa shape index (κ2) is 8.72. The van der Waals surface area contributed by atoms with Crippen LogP contribution in [0.5, 0.6) is 0 Å². The van der Waals surface area contributed by atoms with Crippen molar-refractivity contribution in [3.8, 4) is 11.3 Å². The van der Waals surface area contributed by atoms with E-state index in [0.717, 1.165) is 22.6 Å². The van der Waals surface area contributed by atoms with Gasteiger partial charge in [-0.3, -0.25) is 4.79 Å². The van der Waals surface area contributed by atoms with Crippen molar-refractivity contribution in [3.05, 3.63) is 64.0 Å². The van der Waals surface area contributed by atoms with Crippen molar-refractivity contribution < 1.29 is 4.79 Å². The molecule has 0 saturated carbocycles. The van der Waals surface area contributed by atoms with Gasteiger partial charge in [-0.1, -0.05) is 36.8 Å². The van der Waals surface area contributed by atoms with Gasteiger partial charge in [0.1, 0.15) is 0 Å². The smallest absolute Gasteiger partial charge is 0.230 e. The molecule has 0 unspecified atom stereocenters. The molecule has 0 radical (unpaired) electrons. The minimum absolute atomic E-state index is 0.0378. The molecule has 3 nitrogen and oxygen atoms in total. The van der Waals surface area contributed by atoms with E-state index in [9.17, 15) is 4.79 Å². The quantitative estimate of drug-likeness (QED) is 0.517. The lowest BCUT2D eigenvalue weighted by atomic mass is 9.98. The van der Waals surface area contributed by atoms with Crippen molar-refractivity contribution in [2.75, 3.05) is 11.1 Å². The van der Waals surface area contributed by atoms with E-state index < -0.39 is 0 Å². The zero-order chi connectivity index (χ0) is 19.4. The summed E-state index contributed by atoms with van der Waals surface area (Å²) in [5.74, 6) is 1.01. The second-order valence-electron chi connectivity index (χ2n) is 6.61. The molecule has 0 aliphatic rings. The molecule has 1 amide bonds. The molecule has 2 aromatic carbocycles. The molecule has 1 N–H and O–H groups in total. The van der Waals surface area contributed by atoms with E-state index in [1.54, 1.807) is 11.8 Å². The zero-order valence-corrected chi connectivity index (χ0v) is 17.8. The summed E-state index contributed by atoms with van der Waals surface area (Å²) in [7, 11) is 0. The Hall–Kier alpha value is -2.11. The Bertz CT molecular complexity index is 922. The molecule has 0 saturated heterocycles. The number of thiazole rings is 1. The number of hydrogen-bond acceptors (Lipinski definition) is 4. The summed E-state index contributed by atoms with van der Waals surface area (Å²) in [5.41, 5.74) is 6.75. The first-order valence-electron chi connectivity index (χ1n) is 9.01. The molecule has 0 aliphatic carbocycles. The van der Waals surface area contributed by atoms with Crippen molar-refractivity contribution in [1.29, 1.82) is 0 Å². The van der Waals surface area contributed by atoms with Gasteiger partial charge in [-0.2, -0.15) is 0 Å². The van der Waals surface area contributed by atoms with Crippen LogP contribution in [0.2, 0.25) is 0 Å². The first-order valence-corrected chi connectivity index (χ1v) is 10.9. The van der Waals surface area contributed by atoms with E-state index in [-0.39, 0.29) is 5.91 Å². The highest BCUT2D eigenvalue weighted by atomic mass is 32.2. The van der Waals surface area contributed by atoms with Crippen LogP contribution in [0.4, 0.5) is 5.13 Å². The van der Waals surface area contributed by atoms with Crippen LogP contribution < -0.4 is 5.32 Å². The van der Waals surface area contributed by atoms with Crippen LogP contribution >= 0.6 is 23.1 Å². The predicted molar refractivity (Wildman–Crippen MR) is 117 cm³/mol. The highest BCUT2D eigenvalue weighted by Crippen LogP contribution is 2.31. The number of amides is 1. The number of benzene rings is 2. The largest absolute Gasteiger partial charge is 0.302 e. The van der Waals surface area contributed by atoms with Gasteiger partial charge in [-0.15, -0.1) is 23.1 Å². The number of rotatable bonds is 6. The molecule has 1 heterocycles. The maximum absolute atomic E-state index is 12.4. The average Bonchev–Trinajstić information content (AvgIpc) is 3.03. The molecule has 140 valence electrons. The fourth-order valence-corrected chi connectivity index (χ4v) is 4.63. The molecule has 0 spiro atoms. The maximum Gasteiger partial charge on any atom is 0.230 e. The van der Waals surface area contributed by atoms with Crippen LogP contribution in [0, 0.1) is 20.8 Å². The standard InChI is InChI=1S/C22H24N2OS2/c1-5-26-18-8-6-17(7-9-18)12-20(25)24-22-23-19(13-27-22)21-15(3)10-14(2)11-16(21)4/h6-11,13H,5,12H2,1-4H3,(H,23,24,25). The maximum atomic E-state index is 12.4. The highest BCUT2D eigenvalue weighted by molar-refractivity contribution is 7.99. The zero-order valence-electron chi connectivity index (χ0n) is 16.1. The Morgan fingerprint density at radius 1 is 1.11 bits per heavy atom. The third kappa shape index (κ3) is 4.99. The first kappa shape index (κ1) is 19.6. The summed E-state index contributed by atoms with van der Waals surface area (Å²) < 4.78 is 0. The Morgan fingerprint density at radius 2 is 1.78 bits per heavy atom. The molecular formula is C22H24N2OS2. The van der Waals surface area contributed by atoms with Gasteiger partial charge in [0, 0.05) is 15.8 Å². The molecule has 0 aliphatic heterocycles. The summed E-state index contributed by atoms with van der Waals surface area (Å²) in [6.07, 6.45) is 0.356. The second-order valence-corrected chi connectivity index (χ2v) is 8.81. The van der Waals surface area contributed by atoms with Gasteiger partial charge in [0.2, 0.25) is 5.91 Å². The minimum atomic E-state index is -0.0378. The van der Waals surface area contributed by atoms with Crippen molar-refractivity contribution in [1.82, 2.24) is 4.98 Å². The van der Waals surface area contributed by atoms with Crippen molar-refractivity contribution in [3.63, 3.8) is 0 Å². The number of aromatic nitrogens is 1. The molecule has 3 rings (SSSR count). The van der Waals surface area contributed by atoms with Gasteiger partial charge in [0.15, 0.2) is 5.13 Å². The van der Waals surface area contributed by atoms with E-state index in [1.807, 2.05) is 17.5 Å². The summed E-state index contributed by atoms with van der Waals surface area (Å²) >= 11 is 3.27. The van der Waals surface area contributed by atoms with E-state index in [1.165, 1.54) is 32.9 Å². The topological polar surface area (TPSA) is 42.0 Å². The molecule has 0 bridgehead atoms. The molecule has 3 aromatic rings. The van der Waals surface area contributed by atoms with Crippen LogP contribution in [0.3, 0.4) is 0 Å². The normalized spacial score (nSPS) is 10.8. The van der Waals surface area contributed by atoms with Crippen LogP contribution in [0.15, 0.2) is 46.7 Å². The number of aryl methyl sites for hydroxylation is 3. The third-order valence-electron chi connectivity index (χ3n) is 4.28. The lowest BCUT2D eigenvalue weighted by Crippen LogP contribution is -2.14. The van der Waals surface area contributed by atoms with Crippen molar-refractivity contribution in [2.24, 2.45) is 0 Å². The Morgan fingerprint density at radius 3 is 2.41 bits per heavy atom. The fourth-order valence-electron chi connectivity index (χ4n) is 3.25. The Labute approximate surface area is 169 Å². The van der Waals surface area contributed by atoms with E-state index in [2.05, 4.69) is 62.3 Å². The molecule has 5 heteroatoms. The van der Waals surface area contributed by atoms with Crippen LogP contribution in [0.1, 0.15) is 29.2 Å². The van der Waals surface area contributed by atoms with Gasteiger partial charge in [-0.25, -0.2) is 4.98 Å². The van der Waals surface area contributed by atoms with Gasteiger partial charge in [-0.05, 0) is 55.3 Å². The minimum Gasteiger partial charge on any atom is -0.302 e. The van der Waals surface area contributed by atoms with Gasteiger partial charge in [0.25, 0.3) is 0 Å². The third-order valence-corrected chi connectivity index (χ3v) is 5.93. The number of carbonyl (C=O) groups excluding carboxylic acids is 1. The number of hydrogen-bond donors (Lipinski definition) is 1. The summed E-state index contributed by atoms with van der Waals surface area (Å²) in [6.45, 7) is 8.44. The molecule has 27 heavy (non-hydrogen) atoms. The number of thioether (sulfide) groups is 1. The van der Waals surface area contributed by atoms with Gasteiger partial charge < -0.3 is 5.32 Å². The lowest BCUT2D eigenvalue weighted by molar-refractivity contribution is -0.115. The van der Waals surface area contributed by atoms with Crippen molar-refractivity contribution in [2.45, 2.75) is 39.0 Å². The molecule has 0 atom stereocenters. The molecule has 0 fully saturated rings. The number of anilines is 1. The predicted octanol–water partition coefficient (Wildman–Crippen LogP) is 6.03. The highest BCUT2D eigenvalue weighted by Gasteiger charge is 2.12. The summed E-state index contributed by atoms with van der Waals surface area (Å²) in [5, 5.41) is 5.59. The number of nitrogens with zero attached hydrogens (tertiary/aromatic N) is 1. The monoisotopic (exact) mass is 396 g/mol. The van der Waals surface area contributed by atoms with E-state index in [4.69, 9.17) is 0 Å². The molecular weight excluding hydrogens is 372 g/mol. The number of carbonyl (C=O) groups is 1. The average molecular weight is 397 g/mol. The summed E-state index contributed by atoms with van der Waals surface area (Å²) in [6, 6.07) is 12.5. The van der Waals surface area contributed by atoms with Crippen molar-refractivity contribution >= 4 is 34.1 Å². The fraction of sp³-hybridized carbons (Fsp3) is 0.273. The van der Waals surface area contributed by atoms with Gasteiger partial charge in [0.05, 0.1) is 12.1 Å². The SMILES string of the molecule is CCSc1ccc(CC(=O)Nc2nc(-c3c(C)cc(C)cc3C)cs2)cc1. The molecule has 1 aromatic heterocycles. The van der Waals surface area contributed by atoms with Crippen LogP contribution in [0.25, 0.3) is 11.3 Å². The van der Waals surface area contributed by atoms with E-state index >= 15 is 0 Å². The first-order chi connectivity index (χ1) is 13.0. The summed E-state index contributed by atoms with van der Waals surface area (Å²) in [4.78, 5) is 18.2. The Balaban J connectivity index is 1.68. The van der Waals surface area contributed by atoms with Crippen LogP contribution in [-0.4, -0.2) is 16.6 Å². The van der Waals surface area contributed by atoms with E-state index in [0.29, 0.717) is 11.6 Å². The lowest BCUT2D eigenvalue weighted by Gasteiger charge is -2.08. The van der Waals surface area contributed by atoms with Crippen LogP contribution in [-0.2, 0) is 11.2 Å². The Kier molecular flexibility index (Phi) is 6.34.